The zero-order valence-electron chi connectivity index (χ0n) is 9.54. The zero-order valence-corrected chi connectivity index (χ0v) is 11.1. The van der Waals surface area contributed by atoms with Crippen molar-refractivity contribution in [2.75, 3.05) is 11.1 Å². The summed E-state index contributed by atoms with van der Waals surface area (Å²) in [4.78, 5) is 9.16. The van der Waals surface area contributed by atoms with Crippen LogP contribution in [-0.4, -0.2) is 25.8 Å². The molecule has 2 rings (SSSR count). The van der Waals surface area contributed by atoms with Crippen LogP contribution >= 0.6 is 11.6 Å². The van der Waals surface area contributed by atoms with Gasteiger partial charge in [0.1, 0.15) is 5.69 Å². The monoisotopic (exact) mass is 260 g/mol. The number of fused-ring (bicyclic) bond motifs is 1. The Morgan fingerprint density at radius 1 is 1.38 bits per heavy atom. The summed E-state index contributed by atoms with van der Waals surface area (Å²) < 4.78 is 9.91. The molecule has 0 spiro atoms. The largest absolute Gasteiger partial charge is 0.361 e. The van der Waals surface area contributed by atoms with Gasteiger partial charge in [0.25, 0.3) is 4.90 Å². The van der Waals surface area contributed by atoms with Crippen LogP contribution in [0.3, 0.4) is 0 Å². The molecule has 0 radical (unpaired) electrons. The van der Waals surface area contributed by atoms with Crippen molar-refractivity contribution in [3.05, 3.63) is 11.0 Å². The maximum absolute atomic E-state index is 9.91. The van der Waals surface area contributed by atoms with Gasteiger partial charge in [0, 0.05) is 12.0 Å². The number of aryl methyl sites for hydroxylation is 1. The lowest BCUT2D eigenvalue weighted by atomic mass is 10.1. The standard InChI is InChI=1S/C10H15ClN3OS/c1-10(2,3)14-8-7-6(4-5-16(7)15)12-9(11)13-8/h15H,4-5H2,1-3H3,(H,12,13,14)/q+1. The Morgan fingerprint density at radius 2 is 2.06 bits per heavy atom. The van der Waals surface area contributed by atoms with Crippen molar-refractivity contribution in [3.8, 4) is 0 Å². The Bertz CT molecular complexity index is 419. The first-order chi connectivity index (χ1) is 7.37. The maximum Gasteiger partial charge on any atom is 0.253 e. The summed E-state index contributed by atoms with van der Waals surface area (Å²) in [6, 6.07) is 0. The zero-order chi connectivity index (χ0) is 11.9. The van der Waals surface area contributed by atoms with E-state index in [1.54, 1.807) is 0 Å². The highest BCUT2D eigenvalue weighted by atomic mass is 35.5. The lowest BCUT2D eigenvalue weighted by Crippen LogP contribution is -2.28. The van der Waals surface area contributed by atoms with Crippen molar-refractivity contribution in [1.82, 2.24) is 9.97 Å². The van der Waals surface area contributed by atoms with Gasteiger partial charge in [-0.25, -0.2) is 4.98 Å². The molecule has 0 saturated heterocycles. The smallest absolute Gasteiger partial charge is 0.253 e. The van der Waals surface area contributed by atoms with E-state index in [1.807, 2.05) is 20.8 Å². The molecule has 2 heterocycles. The minimum absolute atomic E-state index is 0.113. The Labute approximate surface area is 103 Å². The molecule has 1 aromatic heterocycles. The van der Waals surface area contributed by atoms with Crippen LogP contribution in [0.25, 0.3) is 0 Å². The van der Waals surface area contributed by atoms with E-state index in [1.165, 1.54) is 0 Å². The SMILES string of the molecule is CC(C)(C)Nc1nc(Cl)nc2c1[S+](O)CC2. The highest BCUT2D eigenvalue weighted by Gasteiger charge is 2.38. The number of anilines is 1. The second kappa shape index (κ2) is 4.05. The number of halogens is 1. The summed E-state index contributed by atoms with van der Waals surface area (Å²) in [5.41, 5.74) is 0.760. The summed E-state index contributed by atoms with van der Waals surface area (Å²) in [7, 11) is 0. The Hall–Kier alpha value is -0.520. The normalized spacial score (nSPS) is 19.7. The van der Waals surface area contributed by atoms with Gasteiger partial charge in [0.05, 0.1) is 0 Å². The van der Waals surface area contributed by atoms with Gasteiger partial charge >= 0.3 is 0 Å². The van der Waals surface area contributed by atoms with Crippen LogP contribution in [0, 0.1) is 0 Å². The van der Waals surface area contributed by atoms with E-state index in [4.69, 9.17) is 11.6 Å². The highest BCUT2D eigenvalue weighted by molar-refractivity contribution is 7.92. The summed E-state index contributed by atoms with van der Waals surface area (Å²) in [6.07, 6.45) is 0.774. The molecule has 1 aromatic rings. The number of nitrogens with one attached hydrogen (secondary N) is 1. The summed E-state index contributed by atoms with van der Waals surface area (Å²) >= 11 is 5.12. The minimum atomic E-state index is -0.748. The van der Waals surface area contributed by atoms with Gasteiger partial charge < -0.3 is 5.32 Å². The third kappa shape index (κ3) is 2.42. The first-order valence-electron chi connectivity index (χ1n) is 5.11. The maximum atomic E-state index is 9.91. The third-order valence-electron chi connectivity index (χ3n) is 2.17. The molecule has 0 fully saturated rings. The van der Waals surface area contributed by atoms with Crippen molar-refractivity contribution in [3.63, 3.8) is 0 Å². The number of aromatic nitrogens is 2. The minimum Gasteiger partial charge on any atom is -0.361 e. The van der Waals surface area contributed by atoms with E-state index in [2.05, 4.69) is 15.3 Å². The molecule has 1 atom stereocenters. The number of rotatable bonds is 1. The highest BCUT2D eigenvalue weighted by Crippen LogP contribution is 2.32. The molecule has 1 aliphatic heterocycles. The first-order valence-corrected chi connectivity index (χ1v) is 6.84. The first kappa shape index (κ1) is 12.0. The van der Waals surface area contributed by atoms with Crippen LogP contribution in [0.4, 0.5) is 5.82 Å². The van der Waals surface area contributed by atoms with Gasteiger partial charge in [-0.1, -0.05) is 0 Å². The molecule has 0 amide bonds. The van der Waals surface area contributed by atoms with Crippen LogP contribution in [0.2, 0.25) is 5.28 Å². The molecule has 2 N–H and O–H groups in total. The molecular formula is C10H15ClN3OS+. The molecular weight excluding hydrogens is 246 g/mol. The molecule has 88 valence electrons. The molecule has 1 unspecified atom stereocenters. The fourth-order valence-corrected chi connectivity index (χ4v) is 3.14. The fourth-order valence-electron chi connectivity index (χ4n) is 1.62. The van der Waals surface area contributed by atoms with Crippen LogP contribution in [0.1, 0.15) is 26.5 Å². The van der Waals surface area contributed by atoms with Crippen molar-refractivity contribution in [1.29, 1.82) is 0 Å². The van der Waals surface area contributed by atoms with Crippen LogP contribution < -0.4 is 5.32 Å². The van der Waals surface area contributed by atoms with E-state index in [-0.39, 0.29) is 10.8 Å². The van der Waals surface area contributed by atoms with E-state index >= 15 is 0 Å². The second-order valence-corrected chi connectivity index (χ2v) is 6.69. The summed E-state index contributed by atoms with van der Waals surface area (Å²) in [5, 5.41) is 3.50. The average molecular weight is 261 g/mol. The van der Waals surface area contributed by atoms with Crippen molar-refractivity contribution >= 4 is 28.6 Å². The van der Waals surface area contributed by atoms with Crippen molar-refractivity contribution in [2.45, 2.75) is 37.6 Å². The number of hydrogen-bond acceptors (Lipinski definition) is 4. The summed E-state index contributed by atoms with van der Waals surface area (Å²) in [6.45, 7) is 6.12. The third-order valence-corrected chi connectivity index (χ3v) is 3.83. The van der Waals surface area contributed by atoms with Crippen LogP contribution in [-0.2, 0) is 17.6 Å². The van der Waals surface area contributed by atoms with Gasteiger partial charge in [-0.3, -0.25) is 0 Å². The fraction of sp³-hybridized carbons (Fsp3) is 0.600. The predicted octanol–water partition coefficient (Wildman–Crippen LogP) is 2.35. The van der Waals surface area contributed by atoms with Gasteiger partial charge in [0.2, 0.25) is 5.28 Å². The lowest BCUT2D eigenvalue weighted by molar-refractivity contribution is 0.622. The second-order valence-electron chi connectivity index (χ2n) is 4.81. The van der Waals surface area contributed by atoms with Gasteiger partial charge in [0.15, 0.2) is 22.7 Å². The van der Waals surface area contributed by atoms with Gasteiger partial charge in [-0.2, -0.15) is 9.54 Å². The molecule has 0 bridgehead atoms. The Morgan fingerprint density at radius 3 is 2.69 bits per heavy atom. The molecule has 6 heteroatoms. The number of hydrogen-bond donors (Lipinski definition) is 2. The van der Waals surface area contributed by atoms with Crippen molar-refractivity contribution < 1.29 is 4.55 Å². The molecule has 4 nitrogen and oxygen atoms in total. The molecule has 0 aliphatic carbocycles. The molecule has 0 aromatic carbocycles. The lowest BCUT2D eigenvalue weighted by Gasteiger charge is -2.21. The Kier molecular flexibility index (Phi) is 3.03. The summed E-state index contributed by atoms with van der Waals surface area (Å²) in [5.74, 6) is 1.40. The molecule has 16 heavy (non-hydrogen) atoms. The molecule has 0 saturated carbocycles. The molecule has 1 aliphatic rings. The Balaban J connectivity index is 2.45. The van der Waals surface area contributed by atoms with E-state index in [9.17, 15) is 4.55 Å². The predicted molar refractivity (Wildman–Crippen MR) is 67.2 cm³/mol. The van der Waals surface area contributed by atoms with Crippen molar-refractivity contribution in [2.24, 2.45) is 0 Å². The van der Waals surface area contributed by atoms with Crippen LogP contribution in [0.15, 0.2) is 4.90 Å². The number of nitrogens with zero attached hydrogens (tertiary/aromatic N) is 2. The van der Waals surface area contributed by atoms with E-state index in [0.717, 1.165) is 22.8 Å². The van der Waals surface area contributed by atoms with Gasteiger partial charge in [-0.15, -0.1) is 0 Å². The topological polar surface area (TPSA) is 58.0 Å². The van der Waals surface area contributed by atoms with Gasteiger partial charge in [-0.05, 0) is 32.4 Å². The quantitative estimate of drug-likeness (QED) is 0.601. The van der Waals surface area contributed by atoms with Crippen LogP contribution in [0.5, 0.6) is 0 Å². The average Bonchev–Trinajstić information content (AvgIpc) is 2.44. The van der Waals surface area contributed by atoms with E-state index < -0.39 is 11.2 Å². The van der Waals surface area contributed by atoms with E-state index in [0.29, 0.717) is 5.82 Å².